The minimum atomic E-state index is -3.50. The first-order valence-corrected chi connectivity index (χ1v) is 12.1. The largest absolute Gasteiger partial charge is 0.381 e. The molecule has 160 valence electrons. The van der Waals surface area contributed by atoms with E-state index >= 15 is 0 Å². The third-order valence-electron chi connectivity index (χ3n) is 5.41. The number of hydrogen-bond donors (Lipinski definition) is 3. The molecule has 1 saturated heterocycles. The third kappa shape index (κ3) is 3.94. The summed E-state index contributed by atoms with van der Waals surface area (Å²) < 4.78 is 26.4. The van der Waals surface area contributed by atoms with Crippen LogP contribution in [0, 0.1) is 0 Å². The van der Waals surface area contributed by atoms with Crippen molar-refractivity contribution in [3.05, 3.63) is 40.6 Å². The number of carbonyl (C=O) groups excluding carboxylic acids is 2. The van der Waals surface area contributed by atoms with Crippen LogP contribution in [0.4, 0.5) is 5.69 Å². The van der Waals surface area contributed by atoms with Gasteiger partial charge < -0.3 is 16.0 Å². The lowest BCUT2D eigenvalue weighted by molar-refractivity contribution is 0.0919. The molecule has 0 saturated carbocycles. The zero-order valence-corrected chi connectivity index (χ0v) is 18.2. The van der Waals surface area contributed by atoms with Crippen LogP contribution in [-0.2, 0) is 10.0 Å². The summed E-state index contributed by atoms with van der Waals surface area (Å²) in [6.07, 6.45) is 1.39. The van der Waals surface area contributed by atoms with Crippen molar-refractivity contribution in [1.82, 2.24) is 14.9 Å². The van der Waals surface area contributed by atoms with E-state index in [1.165, 1.54) is 15.6 Å². The second-order valence-electron chi connectivity index (χ2n) is 7.65. The normalized spacial score (nSPS) is 22.5. The van der Waals surface area contributed by atoms with E-state index in [9.17, 15) is 18.0 Å². The van der Waals surface area contributed by atoms with Gasteiger partial charge in [-0.3, -0.25) is 9.59 Å². The van der Waals surface area contributed by atoms with Crippen molar-refractivity contribution in [1.29, 1.82) is 0 Å². The van der Waals surface area contributed by atoms with Crippen molar-refractivity contribution in [2.45, 2.75) is 31.8 Å². The Bertz CT molecular complexity index is 1130. The molecule has 3 heterocycles. The molecule has 30 heavy (non-hydrogen) atoms. The fraction of sp³-hybridized carbons (Fsp3) is 0.400. The van der Waals surface area contributed by atoms with E-state index in [4.69, 9.17) is 0 Å². The smallest absolute Gasteiger partial charge is 0.263 e. The maximum atomic E-state index is 12.9. The molecule has 2 aliphatic rings. The molecule has 3 N–H and O–H groups in total. The summed E-state index contributed by atoms with van der Waals surface area (Å²) in [6.45, 7) is 6.57. The number of thiophene rings is 1. The minimum absolute atomic E-state index is 0.0136. The van der Waals surface area contributed by atoms with Gasteiger partial charge in [-0.25, -0.2) is 8.42 Å². The Balaban J connectivity index is 1.55. The van der Waals surface area contributed by atoms with Gasteiger partial charge in [0.15, 0.2) is 0 Å². The number of nitrogens with one attached hydrogen (secondary N) is 3. The minimum Gasteiger partial charge on any atom is -0.381 e. The Kier molecular flexibility index (Phi) is 5.56. The Morgan fingerprint density at radius 3 is 2.97 bits per heavy atom. The highest BCUT2D eigenvalue weighted by atomic mass is 32.2. The molecule has 1 fully saturated rings. The van der Waals surface area contributed by atoms with Gasteiger partial charge in [-0.1, -0.05) is 6.58 Å². The lowest BCUT2D eigenvalue weighted by Gasteiger charge is -2.31. The number of hydrogen-bond acceptors (Lipinski definition) is 6. The molecule has 10 heteroatoms. The van der Waals surface area contributed by atoms with Gasteiger partial charge in [-0.05, 0) is 38.0 Å². The molecular weight excluding hydrogens is 424 g/mol. The number of piperidine rings is 1. The molecule has 1 aromatic heterocycles. The highest BCUT2D eigenvalue weighted by molar-refractivity contribution is 7.92. The molecular formula is C20H24N4O4S2. The average molecular weight is 449 g/mol. The summed E-state index contributed by atoms with van der Waals surface area (Å²) >= 11 is 1.40. The fourth-order valence-corrected chi connectivity index (χ4v) is 5.88. The quantitative estimate of drug-likeness (QED) is 0.664. The summed E-state index contributed by atoms with van der Waals surface area (Å²) in [6, 6.07) is 5.12. The first-order chi connectivity index (χ1) is 14.3. The third-order valence-corrected chi connectivity index (χ3v) is 8.05. The number of rotatable bonds is 4. The van der Waals surface area contributed by atoms with Crippen LogP contribution < -0.4 is 16.0 Å². The van der Waals surface area contributed by atoms with Crippen LogP contribution in [0.15, 0.2) is 30.2 Å². The molecule has 2 aliphatic heterocycles. The molecule has 2 unspecified atom stereocenters. The van der Waals surface area contributed by atoms with Gasteiger partial charge in [0.05, 0.1) is 5.69 Å². The molecule has 1 aromatic carbocycles. The van der Waals surface area contributed by atoms with Gasteiger partial charge in [0, 0.05) is 52.8 Å². The molecule has 2 atom stereocenters. The van der Waals surface area contributed by atoms with Crippen LogP contribution in [0.3, 0.4) is 0 Å². The van der Waals surface area contributed by atoms with Crippen molar-refractivity contribution in [3.63, 3.8) is 0 Å². The molecule has 8 nitrogen and oxygen atoms in total. The zero-order valence-electron chi connectivity index (χ0n) is 16.6. The number of carbonyl (C=O) groups is 2. The topological polar surface area (TPSA) is 108 Å². The van der Waals surface area contributed by atoms with Crippen LogP contribution in [-0.4, -0.2) is 56.3 Å². The number of benzene rings is 1. The first-order valence-electron chi connectivity index (χ1n) is 9.83. The van der Waals surface area contributed by atoms with Gasteiger partial charge >= 0.3 is 0 Å². The molecule has 0 aliphatic carbocycles. The van der Waals surface area contributed by atoms with Gasteiger partial charge in [0.2, 0.25) is 10.0 Å². The van der Waals surface area contributed by atoms with Crippen LogP contribution in [0.25, 0.3) is 10.1 Å². The Hall–Kier alpha value is -2.43. The predicted octanol–water partition coefficient (Wildman–Crippen LogP) is 2.11. The molecule has 0 radical (unpaired) electrons. The van der Waals surface area contributed by atoms with E-state index in [2.05, 4.69) is 22.5 Å². The summed E-state index contributed by atoms with van der Waals surface area (Å²) in [5.74, 6) is -0.369. The Labute approximate surface area is 179 Å². The molecule has 4 rings (SSSR count). The van der Waals surface area contributed by atoms with Crippen LogP contribution in [0.1, 0.15) is 39.8 Å². The van der Waals surface area contributed by atoms with E-state index in [1.807, 2.05) is 13.0 Å². The Morgan fingerprint density at radius 1 is 1.40 bits per heavy atom. The van der Waals surface area contributed by atoms with Crippen LogP contribution >= 0.6 is 11.3 Å². The lowest BCUT2D eigenvalue weighted by atomic mass is 10.1. The number of fused-ring (bicyclic) bond motifs is 3. The van der Waals surface area contributed by atoms with Crippen molar-refractivity contribution in [3.8, 4) is 0 Å². The average Bonchev–Trinajstić information content (AvgIpc) is 3.03. The molecule has 2 aromatic rings. The van der Waals surface area contributed by atoms with Gasteiger partial charge in [0.25, 0.3) is 11.8 Å². The van der Waals surface area contributed by atoms with Gasteiger partial charge in [-0.2, -0.15) is 4.31 Å². The van der Waals surface area contributed by atoms with E-state index < -0.39 is 10.0 Å². The molecule has 0 bridgehead atoms. The van der Waals surface area contributed by atoms with E-state index in [0.717, 1.165) is 21.2 Å². The standard InChI is InChI=1S/C20H24N4O4S2/c1-3-30(27,28)24-8-4-5-14(11-24)23-19(25)13-6-7-16-15(9-13)17-18(29-16)20(26)22-12(2)10-21-17/h3,6-7,9,12,14,21H,1,4-5,8,10-11H2,2H3,(H,22,26)(H,23,25). The van der Waals surface area contributed by atoms with E-state index in [0.29, 0.717) is 36.4 Å². The maximum absolute atomic E-state index is 12.9. The highest BCUT2D eigenvalue weighted by Gasteiger charge is 2.28. The second-order valence-corrected chi connectivity index (χ2v) is 10.6. The van der Waals surface area contributed by atoms with Crippen molar-refractivity contribution in [2.24, 2.45) is 0 Å². The fourth-order valence-electron chi connectivity index (χ4n) is 3.84. The summed E-state index contributed by atoms with van der Waals surface area (Å²) in [5, 5.41) is 11.0. The number of nitrogens with zero attached hydrogens (tertiary/aromatic N) is 1. The summed E-state index contributed by atoms with van der Waals surface area (Å²) in [7, 11) is -3.50. The number of sulfonamides is 1. The van der Waals surface area contributed by atoms with Crippen molar-refractivity contribution in [2.75, 3.05) is 25.0 Å². The van der Waals surface area contributed by atoms with E-state index in [-0.39, 0.29) is 30.4 Å². The summed E-state index contributed by atoms with van der Waals surface area (Å²) in [5.41, 5.74) is 1.23. The van der Waals surface area contributed by atoms with Crippen LogP contribution in [0.5, 0.6) is 0 Å². The molecule has 0 spiro atoms. The van der Waals surface area contributed by atoms with Crippen molar-refractivity contribution < 1.29 is 18.0 Å². The van der Waals surface area contributed by atoms with Crippen LogP contribution in [0.2, 0.25) is 0 Å². The highest BCUT2D eigenvalue weighted by Crippen LogP contribution is 2.37. The predicted molar refractivity (Wildman–Crippen MR) is 118 cm³/mol. The number of amides is 2. The van der Waals surface area contributed by atoms with Crippen molar-refractivity contribution >= 4 is 48.9 Å². The van der Waals surface area contributed by atoms with Gasteiger partial charge in [-0.15, -0.1) is 11.3 Å². The molecule has 2 amide bonds. The van der Waals surface area contributed by atoms with Gasteiger partial charge in [0.1, 0.15) is 4.88 Å². The summed E-state index contributed by atoms with van der Waals surface area (Å²) in [4.78, 5) is 25.9. The number of anilines is 1. The Morgan fingerprint density at radius 2 is 2.20 bits per heavy atom. The first kappa shape index (κ1) is 20.8. The maximum Gasteiger partial charge on any atom is 0.263 e. The SMILES string of the molecule is C=CS(=O)(=O)N1CCCC(NC(=O)c2ccc3sc4c(c3c2)NCC(C)NC4=O)C1. The van der Waals surface area contributed by atoms with E-state index in [1.54, 1.807) is 12.1 Å². The second kappa shape index (κ2) is 8.01. The lowest BCUT2D eigenvalue weighted by Crippen LogP contribution is -2.49. The zero-order chi connectivity index (χ0) is 21.5. The monoisotopic (exact) mass is 448 g/mol.